The van der Waals surface area contributed by atoms with Crippen LogP contribution < -0.4 is 5.32 Å². The number of hydrogen-bond donors (Lipinski definition) is 1. The number of rotatable bonds is 3. The van der Waals surface area contributed by atoms with E-state index in [0.717, 1.165) is 16.4 Å². The lowest BCUT2D eigenvalue weighted by molar-refractivity contribution is 0.628. The zero-order valence-electron chi connectivity index (χ0n) is 11.3. The van der Waals surface area contributed by atoms with Crippen molar-refractivity contribution < 1.29 is 4.39 Å². The van der Waals surface area contributed by atoms with Gasteiger partial charge in [-0.25, -0.2) is 4.39 Å². The van der Waals surface area contributed by atoms with Gasteiger partial charge >= 0.3 is 0 Å². The second kappa shape index (κ2) is 5.19. The molecule has 0 aliphatic carbocycles. The summed E-state index contributed by atoms with van der Waals surface area (Å²) in [6.07, 6.45) is 0. The van der Waals surface area contributed by atoms with Crippen LogP contribution in [0.4, 0.5) is 15.2 Å². The van der Waals surface area contributed by atoms with E-state index in [1.165, 1.54) is 23.5 Å². The molecule has 4 rings (SSSR count). The Hall–Kier alpha value is -2.80. The van der Waals surface area contributed by atoms with Gasteiger partial charge in [0.2, 0.25) is 10.1 Å². The summed E-state index contributed by atoms with van der Waals surface area (Å²) in [4.78, 5) is 0.678. The molecular formula is C15H10FN5S. The summed E-state index contributed by atoms with van der Waals surface area (Å²) in [6.45, 7) is 0. The van der Waals surface area contributed by atoms with Crippen LogP contribution in [-0.2, 0) is 0 Å². The first-order valence-electron chi connectivity index (χ1n) is 6.60. The quantitative estimate of drug-likeness (QED) is 0.626. The lowest BCUT2D eigenvalue weighted by Gasteiger charge is -2.00. The molecule has 7 heteroatoms. The van der Waals surface area contributed by atoms with Gasteiger partial charge < -0.3 is 5.32 Å². The zero-order valence-corrected chi connectivity index (χ0v) is 12.1. The summed E-state index contributed by atoms with van der Waals surface area (Å²) in [6, 6.07) is 15.9. The molecule has 0 saturated carbocycles. The minimum absolute atomic E-state index is 0.283. The number of nitrogens with one attached hydrogen (secondary N) is 1. The molecule has 22 heavy (non-hydrogen) atoms. The van der Waals surface area contributed by atoms with Gasteiger partial charge in [0.15, 0.2) is 5.82 Å². The summed E-state index contributed by atoms with van der Waals surface area (Å²) in [5.74, 6) is 0.307. The van der Waals surface area contributed by atoms with E-state index >= 15 is 0 Å². The Bertz CT molecular complexity index is 914. The van der Waals surface area contributed by atoms with Crippen LogP contribution in [0.15, 0.2) is 54.6 Å². The smallest absolute Gasteiger partial charge is 0.236 e. The predicted octanol–water partition coefficient (Wildman–Crippen LogP) is 3.74. The monoisotopic (exact) mass is 311 g/mol. The largest absolute Gasteiger partial charge is 0.330 e. The van der Waals surface area contributed by atoms with E-state index in [-0.39, 0.29) is 5.82 Å². The first-order valence-corrected chi connectivity index (χ1v) is 7.41. The first-order chi connectivity index (χ1) is 10.8. The molecule has 1 N–H and O–H groups in total. The normalized spacial score (nSPS) is 11.0. The number of hydrogen-bond acceptors (Lipinski definition) is 5. The lowest BCUT2D eigenvalue weighted by Crippen LogP contribution is -1.94. The summed E-state index contributed by atoms with van der Waals surface area (Å²) >= 11 is 1.40. The van der Waals surface area contributed by atoms with Crippen molar-refractivity contribution in [2.75, 3.05) is 5.32 Å². The van der Waals surface area contributed by atoms with Gasteiger partial charge in [-0.1, -0.05) is 29.5 Å². The van der Waals surface area contributed by atoms with Crippen LogP contribution in [0, 0.1) is 5.82 Å². The van der Waals surface area contributed by atoms with Crippen molar-refractivity contribution >= 4 is 27.1 Å². The minimum Gasteiger partial charge on any atom is -0.330 e. The van der Waals surface area contributed by atoms with Crippen LogP contribution >= 0.6 is 11.3 Å². The number of fused-ring (bicyclic) bond motifs is 1. The maximum atomic E-state index is 13.0. The van der Waals surface area contributed by atoms with Crippen LogP contribution in [-0.4, -0.2) is 19.8 Å². The molecule has 5 nitrogen and oxygen atoms in total. The number of benzene rings is 2. The van der Waals surface area contributed by atoms with Gasteiger partial charge in [-0.3, -0.25) is 0 Å². The molecule has 2 heterocycles. The van der Waals surface area contributed by atoms with Gasteiger partial charge in [0.05, 0.1) is 0 Å². The van der Waals surface area contributed by atoms with E-state index in [9.17, 15) is 4.39 Å². The number of para-hydroxylation sites is 1. The summed E-state index contributed by atoms with van der Waals surface area (Å²) in [5.41, 5.74) is 1.72. The van der Waals surface area contributed by atoms with Crippen LogP contribution in [0.2, 0.25) is 0 Å². The van der Waals surface area contributed by atoms with Gasteiger partial charge in [0.1, 0.15) is 5.82 Å². The van der Waals surface area contributed by atoms with Gasteiger partial charge in [-0.15, -0.1) is 15.3 Å². The highest BCUT2D eigenvalue weighted by atomic mass is 32.1. The number of halogens is 1. The summed E-state index contributed by atoms with van der Waals surface area (Å²) < 4.78 is 14.7. The topological polar surface area (TPSA) is 55.1 Å². The lowest BCUT2D eigenvalue weighted by atomic mass is 10.2. The molecule has 4 aromatic rings. The van der Waals surface area contributed by atoms with Gasteiger partial charge in [-0.2, -0.15) is 4.52 Å². The van der Waals surface area contributed by atoms with Crippen LogP contribution in [0.3, 0.4) is 0 Å². The zero-order chi connectivity index (χ0) is 14.9. The second-order valence-corrected chi connectivity index (χ2v) is 5.58. The average Bonchev–Trinajstić information content (AvgIpc) is 3.09. The fraction of sp³-hybridized carbons (Fsp3) is 0. The average molecular weight is 311 g/mol. The Kier molecular flexibility index (Phi) is 3.05. The highest BCUT2D eigenvalue weighted by molar-refractivity contribution is 7.20. The maximum absolute atomic E-state index is 13.0. The molecule has 0 spiro atoms. The van der Waals surface area contributed by atoms with Crippen molar-refractivity contribution in [1.82, 2.24) is 19.8 Å². The maximum Gasteiger partial charge on any atom is 0.236 e. The third-order valence-electron chi connectivity index (χ3n) is 3.12. The van der Waals surface area contributed by atoms with Crippen LogP contribution in [0.1, 0.15) is 0 Å². The van der Waals surface area contributed by atoms with E-state index in [0.29, 0.717) is 10.8 Å². The van der Waals surface area contributed by atoms with Gasteiger partial charge in [0, 0.05) is 11.3 Å². The van der Waals surface area contributed by atoms with Crippen molar-refractivity contribution in [1.29, 1.82) is 0 Å². The Morgan fingerprint density at radius 2 is 1.73 bits per heavy atom. The van der Waals surface area contributed by atoms with E-state index in [1.807, 2.05) is 30.3 Å². The molecule has 0 fully saturated rings. The van der Waals surface area contributed by atoms with E-state index < -0.39 is 0 Å². The second-order valence-electron chi connectivity index (χ2n) is 4.62. The van der Waals surface area contributed by atoms with Crippen LogP contribution in [0.5, 0.6) is 0 Å². The van der Waals surface area contributed by atoms with Crippen molar-refractivity contribution in [3.8, 4) is 11.4 Å². The van der Waals surface area contributed by atoms with Crippen molar-refractivity contribution in [3.05, 3.63) is 60.4 Å². The molecule has 2 aromatic carbocycles. The molecule has 0 atom stereocenters. The van der Waals surface area contributed by atoms with Crippen LogP contribution in [0.25, 0.3) is 16.3 Å². The standard InChI is InChI=1S/C15H10FN5S/c16-11-8-6-10(7-9-11)13-18-19-15-21(13)20-14(22-15)17-12-4-2-1-3-5-12/h1-9H,(H,17,20). The molecule has 0 bridgehead atoms. The molecule has 0 aliphatic heterocycles. The first kappa shape index (κ1) is 12.9. The molecule has 0 saturated heterocycles. The molecule has 0 aliphatic rings. The summed E-state index contributed by atoms with van der Waals surface area (Å²) in [5, 5.41) is 16.6. The van der Waals surface area contributed by atoms with Gasteiger partial charge in [0.25, 0.3) is 0 Å². The number of nitrogens with zero attached hydrogens (tertiary/aromatic N) is 4. The van der Waals surface area contributed by atoms with Gasteiger partial charge in [-0.05, 0) is 36.4 Å². The molecule has 108 valence electrons. The predicted molar refractivity (Wildman–Crippen MR) is 83.8 cm³/mol. The molecule has 0 unspecified atom stereocenters. The van der Waals surface area contributed by atoms with Crippen molar-refractivity contribution in [2.45, 2.75) is 0 Å². The molecular weight excluding hydrogens is 301 g/mol. The Labute approximate surface area is 129 Å². The molecule has 0 radical (unpaired) electrons. The third-order valence-corrected chi connectivity index (χ3v) is 3.93. The van der Waals surface area contributed by atoms with Crippen molar-refractivity contribution in [2.24, 2.45) is 0 Å². The third kappa shape index (κ3) is 2.31. The van der Waals surface area contributed by atoms with E-state index in [1.54, 1.807) is 16.6 Å². The van der Waals surface area contributed by atoms with E-state index in [2.05, 4.69) is 20.6 Å². The van der Waals surface area contributed by atoms with E-state index in [4.69, 9.17) is 0 Å². The Morgan fingerprint density at radius 3 is 2.50 bits per heavy atom. The minimum atomic E-state index is -0.283. The number of anilines is 2. The number of aromatic nitrogens is 4. The Morgan fingerprint density at radius 1 is 0.955 bits per heavy atom. The molecule has 0 amide bonds. The van der Waals surface area contributed by atoms with Crippen molar-refractivity contribution in [3.63, 3.8) is 0 Å². The highest BCUT2D eigenvalue weighted by Crippen LogP contribution is 2.26. The highest BCUT2D eigenvalue weighted by Gasteiger charge is 2.13. The SMILES string of the molecule is Fc1ccc(-c2nnc3sc(Nc4ccccc4)nn23)cc1. The molecule has 2 aromatic heterocycles. The fourth-order valence-corrected chi connectivity index (χ4v) is 2.85. The fourth-order valence-electron chi connectivity index (χ4n) is 2.09. The summed E-state index contributed by atoms with van der Waals surface area (Å²) in [7, 11) is 0. The Balaban J connectivity index is 1.71.